The predicted molar refractivity (Wildman–Crippen MR) is 84.9 cm³/mol. The maximum absolute atomic E-state index is 11.6. The molecule has 0 aliphatic rings. The van der Waals surface area contributed by atoms with Crippen LogP contribution in [0.25, 0.3) is 0 Å². The van der Waals surface area contributed by atoms with E-state index in [0.717, 1.165) is 12.2 Å². The zero-order chi connectivity index (χ0) is 15.8. The molecule has 2 aromatic carbocycles. The normalized spacial score (nSPS) is 9.86. The lowest BCUT2D eigenvalue weighted by Gasteiger charge is -2.08. The fourth-order valence-corrected chi connectivity index (χ4v) is 1.74. The molecule has 2 aromatic rings. The van der Waals surface area contributed by atoms with Crippen LogP contribution in [0.5, 0.6) is 11.5 Å². The quantitative estimate of drug-likeness (QED) is 0.834. The monoisotopic (exact) mass is 298 g/mol. The number of ether oxygens (including phenoxy) is 1. The number of carbonyl (C=O) groups is 2. The third-order valence-corrected chi connectivity index (χ3v) is 2.83. The van der Waals surface area contributed by atoms with E-state index in [1.54, 1.807) is 24.3 Å². The molecular formula is C17H18N2O3. The molecule has 0 saturated carbocycles. The number of hydrogen-bond acceptors (Lipinski definition) is 3. The maximum Gasteiger partial charge on any atom is 0.313 e. The Morgan fingerprint density at radius 3 is 2.18 bits per heavy atom. The molecule has 0 aliphatic carbocycles. The first-order valence-electron chi connectivity index (χ1n) is 7.11. The van der Waals surface area contributed by atoms with Gasteiger partial charge in [-0.25, -0.2) is 0 Å². The van der Waals surface area contributed by atoms with Gasteiger partial charge in [0.05, 0.1) is 0 Å². The van der Waals surface area contributed by atoms with Gasteiger partial charge in [-0.2, -0.15) is 0 Å². The van der Waals surface area contributed by atoms with E-state index in [9.17, 15) is 9.59 Å². The van der Waals surface area contributed by atoms with Gasteiger partial charge in [0.1, 0.15) is 11.5 Å². The Kier molecular flexibility index (Phi) is 5.54. The number of para-hydroxylation sites is 1. The Bertz CT molecular complexity index is 624. The van der Waals surface area contributed by atoms with Gasteiger partial charge < -0.3 is 15.4 Å². The molecule has 22 heavy (non-hydrogen) atoms. The first-order chi connectivity index (χ1) is 10.7. The zero-order valence-corrected chi connectivity index (χ0v) is 12.3. The summed E-state index contributed by atoms with van der Waals surface area (Å²) in [5.41, 5.74) is 0.539. The van der Waals surface area contributed by atoms with Gasteiger partial charge in [0.2, 0.25) is 0 Å². The fourth-order valence-electron chi connectivity index (χ4n) is 1.74. The van der Waals surface area contributed by atoms with Crippen LogP contribution in [0, 0.1) is 0 Å². The molecule has 0 unspecified atom stereocenters. The Morgan fingerprint density at radius 2 is 1.55 bits per heavy atom. The van der Waals surface area contributed by atoms with Gasteiger partial charge in [0.15, 0.2) is 0 Å². The van der Waals surface area contributed by atoms with Gasteiger partial charge >= 0.3 is 11.8 Å². The molecule has 0 aromatic heterocycles. The standard InChI is InChI=1S/C17H18N2O3/c1-2-12-18-16(20)17(21)19-13-8-10-15(11-9-13)22-14-6-4-3-5-7-14/h3-11H,2,12H2,1H3,(H,18,20)(H,19,21). The SMILES string of the molecule is CCCNC(=O)C(=O)Nc1ccc(Oc2ccccc2)cc1. The molecule has 114 valence electrons. The van der Waals surface area contributed by atoms with Crippen LogP contribution in [0.15, 0.2) is 54.6 Å². The minimum Gasteiger partial charge on any atom is -0.457 e. The highest BCUT2D eigenvalue weighted by Crippen LogP contribution is 2.22. The van der Waals surface area contributed by atoms with Crippen LogP contribution in [0.3, 0.4) is 0 Å². The van der Waals surface area contributed by atoms with Gasteiger partial charge in [-0.15, -0.1) is 0 Å². The highest BCUT2D eigenvalue weighted by Gasteiger charge is 2.12. The Morgan fingerprint density at radius 1 is 0.909 bits per heavy atom. The molecule has 0 atom stereocenters. The van der Waals surface area contributed by atoms with Gasteiger partial charge in [0, 0.05) is 12.2 Å². The number of benzene rings is 2. The van der Waals surface area contributed by atoms with E-state index < -0.39 is 11.8 Å². The lowest BCUT2D eigenvalue weighted by Crippen LogP contribution is -2.35. The summed E-state index contributed by atoms with van der Waals surface area (Å²) < 4.78 is 5.65. The second-order valence-corrected chi connectivity index (χ2v) is 4.65. The van der Waals surface area contributed by atoms with Gasteiger partial charge in [0.25, 0.3) is 0 Å². The second-order valence-electron chi connectivity index (χ2n) is 4.65. The van der Waals surface area contributed by atoms with Crippen LogP contribution in [0.1, 0.15) is 13.3 Å². The number of amides is 2. The van der Waals surface area contributed by atoms with Crippen molar-refractivity contribution in [1.82, 2.24) is 5.32 Å². The van der Waals surface area contributed by atoms with Crippen LogP contribution < -0.4 is 15.4 Å². The van der Waals surface area contributed by atoms with Crippen molar-refractivity contribution in [3.63, 3.8) is 0 Å². The Hall–Kier alpha value is -2.82. The fraction of sp³-hybridized carbons (Fsp3) is 0.176. The zero-order valence-electron chi connectivity index (χ0n) is 12.3. The van der Waals surface area contributed by atoms with Crippen LogP contribution in [0.4, 0.5) is 5.69 Å². The number of rotatable bonds is 5. The molecule has 5 nitrogen and oxygen atoms in total. The smallest absolute Gasteiger partial charge is 0.313 e. The van der Waals surface area contributed by atoms with Crippen molar-refractivity contribution < 1.29 is 14.3 Å². The third kappa shape index (κ3) is 4.63. The second kappa shape index (κ2) is 7.83. The Balaban J connectivity index is 1.91. The molecule has 0 saturated heterocycles. The molecule has 0 bridgehead atoms. The third-order valence-electron chi connectivity index (χ3n) is 2.83. The summed E-state index contributed by atoms with van der Waals surface area (Å²) in [7, 11) is 0. The molecule has 0 heterocycles. The molecule has 2 rings (SSSR count). The van der Waals surface area contributed by atoms with Crippen molar-refractivity contribution >= 4 is 17.5 Å². The molecule has 0 aliphatic heterocycles. The molecule has 2 N–H and O–H groups in total. The number of carbonyl (C=O) groups excluding carboxylic acids is 2. The van der Waals surface area contributed by atoms with E-state index in [-0.39, 0.29) is 0 Å². The average Bonchev–Trinajstić information content (AvgIpc) is 2.55. The van der Waals surface area contributed by atoms with Crippen LogP contribution in [-0.4, -0.2) is 18.4 Å². The van der Waals surface area contributed by atoms with Crippen molar-refractivity contribution in [3.8, 4) is 11.5 Å². The van der Waals surface area contributed by atoms with Crippen molar-refractivity contribution in [2.24, 2.45) is 0 Å². The highest BCUT2D eigenvalue weighted by atomic mass is 16.5. The molecule has 2 amide bonds. The summed E-state index contributed by atoms with van der Waals surface area (Å²) in [6.07, 6.45) is 0.782. The minimum absolute atomic E-state index is 0.482. The van der Waals surface area contributed by atoms with E-state index in [1.165, 1.54) is 0 Å². The number of hydrogen-bond donors (Lipinski definition) is 2. The van der Waals surface area contributed by atoms with Crippen molar-refractivity contribution in [2.45, 2.75) is 13.3 Å². The maximum atomic E-state index is 11.6. The first-order valence-corrected chi connectivity index (χ1v) is 7.11. The highest BCUT2D eigenvalue weighted by molar-refractivity contribution is 6.39. The van der Waals surface area contributed by atoms with Crippen LogP contribution in [-0.2, 0) is 9.59 Å². The van der Waals surface area contributed by atoms with E-state index in [4.69, 9.17) is 4.74 Å². The Labute approximate surface area is 129 Å². The van der Waals surface area contributed by atoms with Crippen molar-refractivity contribution in [1.29, 1.82) is 0 Å². The van der Waals surface area contributed by atoms with Gasteiger partial charge in [-0.05, 0) is 42.8 Å². The van der Waals surface area contributed by atoms with Crippen molar-refractivity contribution in [2.75, 3.05) is 11.9 Å². The summed E-state index contributed by atoms with van der Waals surface area (Å²) in [6.45, 7) is 2.40. The first kappa shape index (κ1) is 15.6. The van der Waals surface area contributed by atoms with Gasteiger partial charge in [-0.1, -0.05) is 25.1 Å². The van der Waals surface area contributed by atoms with Crippen LogP contribution in [0.2, 0.25) is 0 Å². The summed E-state index contributed by atoms with van der Waals surface area (Å²) >= 11 is 0. The lowest BCUT2D eigenvalue weighted by atomic mass is 10.3. The summed E-state index contributed by atoms with van der Waals surface area (Å²) in [5.74, 6) is 0.0782. The van der Waals surface area contributed by atoms with E-state index >= 15 is 0 Å². The van der Waals surface area contributed by atoms with Crippen molar-refractivity contribution in [3.05, 3.63) is 54.6 Å². The average molecular weight is 298 g/mol. The summed E-state index contributed by atoms with van der Waals surface area (Å²) in [4.78, 5) is 23.1. The largest absolute Gasteiger partial charge is 0.457 e. The topological polar surface area (TPSA) is 67.4 Å². The lowest BCUT2D eigenvalue weighted by molar-refractivity contribution is -0.136. The predicted octanol–water partition coefficient (Wildman–Crippen LogP) is 2.94. The summed E-state index contributed by atoms with van der Waals surface area (Å²) in [5, 5.41) is 5.06. The molecule has 5 heteroatoms. The van der Waals surface area contributed by atoms with E-state index in [0.29, 0.717) is 18.0 Å². The summed E-state index contributed by atoms with van der Waals surface area (Å²) in [6, 6.07) is 16.2. The van der Waals surface area contributed by atoms with Gasteiger partial charge in [-0.3, -0.25) is 9.59 Å². The minimum atomic E-state index is -0.676. The molecule has 0 spiro atoms. The number of nitrogens with one attached hydrogen (secondary N) is 2. The number of anilines is 1. The van der Waals surface area contributed by atoms with E-state index in [2.05, 4.69) is 10.6 Å². The molecular weight excluding hydrogens is 280 g/mol. The van der Waals surface area contributed by atoms with Crippen LogP contribution >= 0.6 is 0 Å². The molecule has 0 radical (unpaired) electrons. The molecule has 0 fully saturated rings. The van der Waals surface area contributed by atoms with E-state index in [1.807, 2.05) is 37.3 Å².